The van der Waals surface area contributed by atoms with Gasteiger partial charge in [0.1, 0.15) is 5.75 Å². The second-order valence-corrected chi connectivity index (χ2v) is 8.42. The Bertz CT molecular complexity index is 512. The average molecular weight is 373 g/mol. The van der Waals surface area contributed by atoms with E-state index in [4.69, 9.17) is 4.74 Å². The van der Waals surface area contributed by atoms with Crippen LogP contribution in [0.4, 0.5) is 0 Å². The van der Waals surface area contributed by atoms with Crippen molar-refractivity contribution in [1.29, 1.82) is 0 Å². The van der Waals surface area contributed by atoms with Crippen molar-refractivity contribution >= 4 is 5.97 Å². The zero-order valence-corrected chi connectivity index (χ0v) is 17.7. The number of esters is 1. The highest BCUT2D eigenvalue weighted by atomic mass is 16.5. The second-order valence-electron chi connectivity index (χ2n) is 8.42. The molecule has 0 saturated heterocycles. The van der Waals surface area contributed by atoms with Gasteiger partial charge in [0, 0.05) is 6.42 Å². The standard InChI is InChI=1S/C25H40O2/c1-3-5-7-8-10-11-21-13-15-22(16-14-21)23-17-19-24(20-18-23)27-25(26)12-9-6-4-2/h17-22H,3-16H2,1-2H3. The summed E-state index contributed by atoms with van der Waals surface area (Å²) in [6.45, 7) is 4.43. The topological polar surface area (TPSA) is 26.3 Å². The molecule has 1 aliphatic carbocycles. The Labute approximate surface area is 167 Å². The summed E-state index contributed by atoms with van der Waals surface area (Å²) in [6.07, 6.45) is 17.5. The van der Waals surface area contributed by atoms with E-state index < -0.39 is 0 Å². The van der Waals surface area contributed by atoms with Gasteiger partial charge in [-0.1, -0.05) is 77.3 Å². The summed E-state index contributed by atoms with van der Waals surface area (Å²) in [6, 6.07) is 8.30. The highest BCUT2D eigenvalue weighted by Crippen LogP contribution is 2.38. The lowest BCUT2D eigenvalue weighted by Crippen LogP contribution is -2.13. The van der Waals surface area contributed by atoms with Crippen LogP contribution in [-0.4, -0.2) is 5.97 Å². The quantitative estimate of drug-likeness (QED) is 0.212. The first-order chi connectivity index (χ1) is 13.2. The molecule has 1 aromatic carbocycles. The fraction of sp³-hybridized carbons (Fsp3) is 0.720. The summed E-state index contributed by atoms with van der Waals surface area (Å²) < 4.78 is 5.45. The van der Waals surface area contributed by atoms with Crippen LogP contribution in [0.1, 0.15) is 115 Å². The number of hydrogen-bond acceptors (Lipinski definition) is 2. The van der Waals surface area contributed by atoms with E-state index in [0.717, 1.165) is 25.2 Å². The number of ether oxygens (including phenoxy) is 1. The third-order valence-electron chi connectivity index (χ3n) is 6.13. The molecule has 0 aromatic heterocycles. The molecule has 1 aromatic rings. The van der Waals surface area contributed by atoms with Gasteiger partial charge in [0.15, 0.2) is 0 Å². The molecule has 2 heteroatoms. The lowest BCUT2D eigenvalue weighted by Gasteiger charge is -2.29. The lowest BCUT2D eigenvalue weighted by molar-refractivity contribution is -0.134. The van der Waals surface area contributed by atoms with Gasteiger partial charge in [0.05, 0.1) is 0 Å². The van der Waals surface area contributed by atoms with E-state index in [2.05, 4.69) is 26.0 Å². The van der Waals surface area contributed by atoms with Crippen LogP contribution < -0.4 is 4.74 Å². The van der Waals surface area contributed by atoms with Crippen LogP contribution in [0.3, 0.4) is 0 Å². The second kappa shape index (κ2) is 13.0. The van der Waals surface area contributed by atoms with Gasteiger partial charge in [0.2, 0.25) is 0 Å². The molecule has 27 heavy (non-hydrogen) atoms. The lowest BCUT2D eigenvalue weighted by atomic mass is 9.77. The van der Waals surface area contributed by atoms with Crippen LogP contribution in [0, 0.1) is 5.92 Å². The minimum Gasteiger partial charge on any atom is -0.427 e. The van der Waals surface area contributed by atoms with Crippen molar-refractivity contribution in [2.24, 2.45) is 5.92 Å². The molecule has 1 saturated carbocycles. The number of benzene rings is 1. The third kappa shape index (κ3) is 8.49. The number of carbonyl (C=O) groups is 1. The summed E-state index contributed by atoms with van der Waals surface area (Å²) in [4.78, 5) is 11.8. The molecule has 2 nitrogen and oxygen atoms in total. The van der Waals surface area contributed by atoms with Crippen molar-refractivity contribution < 1.29 is 9.53 Å². The molecule has 0 heterocycles. The van der Waals surface area contributed by atoms with Gasteiger partial charge in [-0.2, -0.15) is 0 Å². The Hall–Kier alpha value is -1.31. The van der Waals surface area contributed by atoms with Crippen LogP contribution in [0.5, 0.6) is 5.75 Å². The summed E-state index contributed by atoms with van der Waals surface area (Å²) in [5, 5.41) is 0. The summed E-state index contributed by atoms with van der Waals surface area (Å²) in [5.41, 5.74) is 1.42. The van der Waals surface area contributed by atoms with Gasteiger partial charge >= 0.3 is 5.97 Å². The van der Waals surface area contributed by atoms with Crippen LogP contribution in [0.15, 0.2) is 24.3 Å². The van der Waals surface area contributed by atoms with Crippen LogP contribution in [0.25, 0.3) is 0 Å². The maximum absolute atomic E-state index is 11.8. The normalized spacial score (nSPS) is 19.8. The minimum absolute atomic E-state index is 0.101. The van der Waals surface area contributed by atoms with E-state index >= 15 is 0 Å². The Morgan fingerprint density at radius 2 is 1.48 bits per heavy atom. The van der Waals surface area contributed by atoms with Gasteiger partial charge in [-0.3, -0.25) is 4.79 Å². The summed E-state index contributed by atoms with van der Waals surface area (Å²) >= 11 is 0. The Balaban J connectivity index is 1.68. The van der Waals surface area contributed by atoms with Crippen molar-refractivity contribution in [3.8, 4) is 5.75 Å². The number of rotatable bonds is 12. The Kier molecular flexibility index (Phi) is 10.6. The van der Waals surface area contributed by atoms with Crippen LogP contribution >= 0.6 is 0 Å². The van der Waals surface area contributed by atoms with Crippen molar-refractivity contribution in [1.82, 2.24) is 0 Å². The fourth-order valence-electron chi connectivity index (χ4n) is 4.33. The zero-order chi connectivity index (χ0) is 19.3. The zero-order valence-electron chi connectivity index (χ0n) is 17.7. The smallest absolute Gasteiger partial charge is 0.311 e. The summed E-state index contributed by atoms with van der Waals surface area (Å²) in [5.74, 6) is 2.23. The molecule has 0 radical (unpaired) electrons. The largest absolute Gasteiger partial charge is 0.427 e. The Morgan fingerprint density at radius 1 is 0.852 bits per heavy atom. The first-order valence-electron chi connectivity index (χ1n) is 11.5. The molecule has 0 aliphatic heterocycles. The van der Waals surface area contributed by atoms with E-state index in [1.165, 1.54) is 69.8 Å². The minimum atomic E-state index is -0.101. The molecule has 0 atom stereocenters. The van der Waals surface area contributed by atoms with Crippen LogP contribution in [0.2, 0.25) is 0 Å². The van der Waals surface area contributed by atoms with Gasteiger partial charge in [-0.15, -0.1) is 0 Å². The number of hydrogen-bond donors (Lipinski definition) is 0. The summed E-state index contributed by atoms with van der Waals surface area (Å²) in [7, 11) is 0. The SMILES string of the molecule is CCCCCCCC1CCC(c2ccc(OC(=O)CCCCC)cc2)CC1. The van der Waals surface area contributed by atoms with Crippen LogP contribution in [-0.2, 0) is 4.79 Å². The molecular formula is C25H40O2. The molecule has 2 rings (SSSR count). The van der Waals surface area contributed by atoms with Gasteiger partial charge < -0.3 is 4.74 Å². The third-order valence-corrected chi connectivity index (χ3v) is 6.13. The predicted molar refractivity (Wildman–Crippen MR) is 114 cm³/mol. The molecule has 1 fully saturated rings. The van der Waals surface area contributed by atoms with E-state index in [0.29, 0.717) is 18.1 Å². The van der Waals surface area contributed by atoms with E-state index in [9.17, 15) is 4.79 Å². The van der Waals surface area contributed by atoms with E-state index in [1.807, 2.05) is 12.1 Å². The van der Waals surface area contributed by atoms with Gasteiger partial charge in [0.25, 0.3) is 0 Å². The van der Waals surface area contributed by atoms with E-state index in [1.54, 1.807) is 0 Å². The molecule has 0 amide bonds. The molecule has 0 unspecified atom stereocenters. The number of unbranched alkanes of at least 4 members (excludes halogenated alkanes) is 6. The number of carbonyl (C=O) groups excluding carboxylic acids is 1. The Morgan fingerprint density at radius 3 is 2.15 bits per heavy atom. The van der Waals surface area contributed by atoms with Crippen molar-refractivity contribution in [2.45, 2.75) is 110 Å². The van der Waals surface area contributed by atoms with Crippen molar-refractivity contribution in [3.05, 3.63) is 29.8 Å². The molecular weight excluding hydrogens is 332 g/mol. The highest BCUT2D eigenvalue weighted by molar-refractivity contribution is 5.72. The molecule has 0 N–H and O–H groups in total. The molecule has 0 spiro atoms. The van der Waals surface area contributed by atoms with Gasteiger partial charge in [-0.25, -0.2) is 0 Å². The van der Waals surface area contributed by atoms with Crippen molar-refractivity contribution in [3.63, 3.8) is 0 Å². The maximum Gasteiger partial charge on any atom is 0.311 e. The first kappa shape index (κ1) is 22.0. The fourth-order valence-corrected chi connectivity index (χ4v) is 4.33. The maximum atomic E-state index is 11.8. The van der Waals surface area contributed by atoms with Crippen molar-refractivity contribution in [2.75, 3.05) is 0 Å². The van der Waals surface area contributed by atoms with E-state index in [-0.39, 0.29) is 5.97 Å². The average Bonchev–Trinajstić information content (AvgIpc) is 2.69. The highest BCUT2D eigenvalue weighted by Gasteiger charge is 2.22. The molecule has 1 aliphatic rings. The monoisotopic (exact) mass is 372 g/mol. The molecule has 152 valence electrons. The predicted octanol–water partition coefficient (Wildman–Crippen LogP) is 7.81. The molecule has 0 bridgehead atoms. The van der Waals surface area contributed by atoms with Gasteiger partial charge in [-0.05, 0) is 61.6 Å². The first-order valence-corrected chi connectivity index (χ1v) is 11.5.